The summed E-state index contributed by atoms with van der Waals surface area (Å²) in [7, 11) is 3.51. The second-order valence-corrected chi connectivity index (χ2v) is 7.00. The highest BCUT2D eigenvalue weighted by Crippen LogP contribution is 2.34. The number of halogens is 1. The van der Waals surface area contributed by atoms with Crippen LogP contribution in [-0.4, -0.2) is 33.2 Å². The molecule has 0 aliphatic carbocycles. The third-order valence-corrected chi connectivity index (χ3v) is 4.38. The number of carbonyl (C=O) groups excluding carboxylic acids is 1. The number of nitrogens with zero attached hydrogens (tertiary/aromatic N) is 1. The van der Waals surface area contributed by atoms with Gasteiger partial charge in [0.05, 0.1) is 11.2 Å². The lowest BCUT2D eigenvalue weighted by atomic mass is 9.93. The molecule has 0 aromatic heterocycles. The molecule has 0 saturated carbocycles. The van der Waals surface area contributed by atoms with Crippen molar-refractivity contribution in [3.63, 3.8) is 0 Å². The number of nitrogens with one attached hydrogen (secondary N) is 1. The maximum absolute atomic E-state index is 14.2. The number of rotatable bonds is 4. The largest absolute Gasteiger partial charge is 0.486 e. The van der Waals surface area contributed by atoms with Crippen molar-refractivity contribution in [2.45, 2.75) is 19.4 Å². The van der Waals surface area contributed by atoms with Crippen LogP contribution in [-0.2, 0) is 5.54 Å². The van der Waals surface area contributed by atoms with Crippen molar-refractivity contribution in [2.24, 2.45) is 0 Å². The molecule has 0 unspecified atom stereocenters. The number of anilines is 1. The minimum atomic E-state index is -0.663. The normalized spacial score (nSPS) is 13.3. The first-order chi connectivity index (χ1) is 12.3. The highest BCUT2D eigenvalue weighted by atomic mass is 19.1. The number of hydrogen-bond donors (Lipinski definition) is 1. The van der Waals surface area contributed by atoms with E-state index in [0.717, 1.165) is 5.56 Å². The van der Waals surface area contributed by atoms with Gasteiger partial charge in [0, 0.05) is 19.7 Å². The second-order valence-electron chi connectivity index (χ2n) is 7.00. The molecule has 0 bridgehead atoms. The van der Waals surface area contributed by atoms with Crippen LogP contribution < -0.4 is 19.7 Å². The average Bonchev–Trinajstić information content (AvgIpc) is 2.60. The summed E-state index contributed by atoms with van der Waals surface area (Å²) in [6.07, 6.45) is 0. The number of benzene rings is 2. The molecule has 6 heteroatoms. The maximum Gasteiger partial charge on any atom is 0.252 e. The van der Waals surface area contributed by atoms with E-state index in [0.29, 0.717) is 30.4 Å². The topological polar surface area (TPSA) is 50.8 Å². The van der Waals surface area contributed by atoms with E-state index in [1.54, 1.807) is 31.1 Å². The predicted molar refractivity (Wildman–Crippen MR) is 98.7 cm³/mol. The van der Waals surface area contributed by atoms with Crippen molar-refractivity contribution in [2.75, 3.05) is 32.2 Å². The van der Waals surface area contributed by atoms with Gasteiger partial charge in [-0.25, -0.2) is 4.39 Å². The summed E-state index contributed by atoms with van der Waals surface area (Å²) in [5.74, 6) is 0.592. The maximum atomic E-state index is 14.2. The zero-order valence-corrected chi connectivity index (χ0v) is 15.4. The van der Waals surface area contributed by atoms with E-state index in [9.17, 15) is 9.18 Å². The molecule has 1 aliphatic heterocycles. The van der Waals surface area contributed by atoms with Crippen LogP contribution in [0.1, 0.15) is 29.8 Å². The Hall–Kier alpha value is -2.76. The second kappa shape index (κ2) is 6.86. The van der Waals surface area contributed by atoms with Crippen LogP contribution in [0.4, 0.5) is 10.1 Å². The van der Waals surface area contributed by atoms with Gasteiger partial charge in [-0.05, 0) is 49.7 Å². The molecule has 26 heavy (non-hydrogen) atoms. The molecular weight excluding hydrogens is 335 g/mol. The zero-order chi connectivity index (χ0) is 18.9. The SMILES string of the molecule is CN(C)c1ccc(C(=O)NC(C)(C)c2ccc3c(c2)OCCO3)cc1F. The number of ether oxygens (including phenoxy) is 2. The number of fused-ring (bicyclic) bond motifs is 1. The fourth-order valence-corrected chi connectivity index (χ4v) is 2.87. The Labute approximate surface area is 152 Å². The molecule has 0 fully saturated rings. The minimum Gasteiger partial charge on any atom is -0.486 e. The smallest absolute Gasteiger partial charge is 0.252 e. The number of amides is 1. The number of carbonyl (C=O) groups is 1. The Morgan fingerprint density at radius 3 is 2.42 bits per heavy atom. The third-order valence-electron chi connectivity index (χ3n) is 4.38. The molecule has 1 aliphatic rings. The first-order valence-corrected chi connectivity index (χ1v) is 8.47. The lowest BCUT2D eigenvalue weighted by molar-refractivity contribution is 0.0911. The van der Waals surface area contributed by atoms with E-state index in [1.807, 2.05) is 32.0 Å². The van der Waals surface area contributed by atoms with Crippen LogP contribution >= 0.6 is 0 Å². The molecule has 0 atom stereocenters. The van der Waals surface area contributed by atoms with E-state index in [2.05, 4.69) is 5.32 Å². The molecule has 5 nitrogen and oxygen atoms in total. The average molecular weight is 358 g/mol. The lowest BCUT2D eigenvalue weighted by Gasteiger charge is -2.29. The van der Waals surface area contributed by atoms with Gasteiger partial charge in [0.1, 0.15) is 19.0 Å². The van der Waals surface area contributed by atoms with Gasteiger partial charge < -0.3 is 19.7 Å². The van der Waals surface area contributed by atoms with E-state index in [4.69, 9.17) is 9.47 Å². The molecule has 0 radical (unpaired) electrons. The summed E-state index contributed by atoms with van der Waals surface area (Å²) >= 11 is 0. The molecule has 0 saturated heterocycles. The van der Waals surface area contributed by atoms with Crippen molar-refractivity contribution in [1.82, 2.24) is 5.32 Å². The molecule has 138 valence electrons. The Balaban J connectivity index is 1.80. The van der Waals surface area contributed by atoms with Gasteiger partial charge in [0.2, 0.25) is 0 Å². The van der Waals surface area contributed by atoms with Gasteiger partial charge in [0.25, 0.3) is 5.91 Å². The van der Waals surface area contributed by atoms with E-state index >= 15 is 0 Å². The van der Waals surface area contributed by atoms with Gasteiger partial charge in [-0.3, -0.25) is 4.79 Å². The summed E-state index contributed by atoms with van der Waals surface area (Å²) in [6.45, 7) is 4.81. The van der Waals surface area contributed by atoms with Crippen LogP contribution in [0, 0.1) is 5.82 Å². The monoisotopic (exact) mass is 358 g/mol. The molecule has 2 aromatic carbocycles. The van der Waals surface area contributed by atoms with E-state index in [-0.39, 0.29) is 11.5 Å². The molecule has 0 spiro atoms. The summed E-state index contributed by atoms with van der Waals surface area (Å²) < 4.78 is 25.3. The first-order valence-electron chi connectivity index (χ1n) is 8.47. The quantitative estimate of drug-likeness (QED) is 0.911. The molecule has 1 amide bonds. The Bertz CT molecular complexity index is 834. The summed E-state index contributed by atoms with van der Waals surface area (Å²) in [6, 6.07) is 10.1. The summed E-state index contributed by atoms with van der Waals surface area (Å²) in [5, 5.41) is 2.96. The third kappa shape index (κ3) is 3.59. The number of hydrogen-bond acceptors (Lipinski definition) is 4. The van der Waals surface area contributed by atoms with Crippen LogP contribution in [0.25, 0.3) is 0 Å². The van der Waals surface area contributed by atoms with Crippen molar-refractivity contribution in [3.8, 4) is 11.5 Å². The fourth-order valence-electron chi connectivity index (χ4n) is 2.87. The summed E-state index contributed by atoms with van der Waals surface area (Å²) in [5.41, 5.74) is 0.927. The Morgan fingerprint density at radius 1 is 1.08 bits per heavy atom. The van der Waals surface area contributed by atoms with Crippen molar-refractivity contribution in [1.29, 1.82) is 0 Å². The fraction of sp³-hybridized carbons (Fsp3) is 0.350. The zero-order valence-electron chi connectivity index (χ0n) is 15.4. The highest BCUT2D eigenvalue weighted by Gasteiger charge is 2.26. The van der Waals surface area contributed by atoms with Crippen LogP contribution in [0.5, 0.6) is 11.5 Å². The predicted octanol–water partition coefficient (Wildman–Crippen LogP) is 3.33. The van der Waals surface area contributed by atoms with E-state index in [1.165, 1.54) is 6.07 Å². The van der Waals surface area contributed by atoms with Gasteiger partial charge in [-0.2, -0.15) is 0 Å². The first kappa shape index (κ1) is 18.0. The summed E-state index contributed by atoms with van der Waals surface area (Å²) in [4.78, 5) is 14.3. The Morgan fingerprint density at radius 2 is 1.77 bits per heavy atom. The van der Waals surface area contributed by atoms with Gasteiger partial charge in [-0.15, -0.1) is 0 Å². The van der Waals surface area contributed by atoms with Crippen molar-refractivity contribution in [3.05, 3.63) is 53.3 Å². The van der Waals surface area contributed by atoms with Crippen LogP contribution in [0.3, 0.4) is 0 Å². The van der Waals surface area contributed by atoms with Gasteiger partial charge in [0.15, 0.2) is 11.5 Å². The molecule has 3 rings (SSSR count). The molecule has 1 heterocycles. The lowest BCUT2D eigenvalue weighted by Crippen LogP contribution is -2.41. The highest BCUT2D eigenvalue weighted by molar-refractivity contribution is 5.95. The minimum absolute atomic E-state index is 0.277. The molecular formula is C20H23FN2O3. The van der Waals surface area contributed by atoms with Crippen molar-refractivity contribution >= 4 is 11.6 Å². The van der Waals surface area contributed by atoms with Gasteiger partial charge >= 0.3 is 0 Å². The van der Waals surface area contributed by atoms with Crippen LogP contribution in [0.2, 0.25) is 0 Å². The molecule has 1 N–H and O–H groups in total. The Kier molecular flexibility index (Phi) is 4.76. The van der Waals surface area contributed by atoms with Gasteiger partial charge in [-0.1, -0.05) is 6.07 Å². The molecule has 2 aromatic rings. The van der Waals surface area contributed by atoms with Crippen LogP contribution in [0.15, 0.2) is 36.4 Å². The van der Waals surface area contributed by atoms with Crippen molar-refractivity contribution < 1.29 is 18.7 Å². The standard InChI is InChI=1S/C20H23FN2O3/c1-20(2,14-6-8-17-18(12-14)26-10-9-25-17)22-19(24)13-5-7-16(23(3)4)15(21)11-13/h5-8,11-12H,9-10H2,1-4H3,(H,22,24). The van der Waals surface area contributed by atoms with E-state index < -0.39 is 11.4 Å².